The van der Waals surface area contributed by atoms with Crippen LogP contribution in [0.5, 0.6) is 0 Å². The van der Waals surface area contributed by atoms with Crippen molar-refractivity contribution in [3.63, 3.8) is 0 Å². The lowest BCUT2D eigenvalue weighted by Gasteiger charge is -2.32. The van der Waals surface area contributed by atoms with Crippen molar-refractivity contribution in [2.24, 2.45) is 0 Å². The summed E-state index contributed by atoms with van der Waals surface area (Å²) < 4.78 is 3.99. The number of urea groups is 1. The minimum absolute atomic E-state index is 0.0985. The van der Waals surface area contributed by atoms with Crippen LogP contribution in [0.25, 0.3) is 27.7 Å². The Labute approximate surface area is 219 Å². The number of nitrogens with zero attached hydrogens (tertiary/aromatic N) is 5. The number of nitrogens with one attached hydrogen (secondary N) is 1. The highest BCUT2D eigenvalue weighted by Gasteiger charge is 2.36. The van der Waals surface area contributed by atoms with Crippen LogP contribution in [0.15, 0.2) is 48.9 Å². The monoisotopic (exact) mass is 508 g/mol. The van der Waals surface area contributed by atoms with Crippen molar-refractivity contribution in [2.75, 3.05) is 19.6 Å². The van der Waals surface area contributed by atoms with Crippen LogP contribution in [0.1, 0.15) is 41.6 Å². The Morgan fingerprint density at radius 2 is 1.71 bits per heavy atom. The molecule has 3 aliphatic heterocycles. The number of pyridine rings is 1. The van der Waals surface area contributed by atoms with E-state index in [0.717, 1.165) is 53.5 Å². The van der Waals surface area contributed by atoms with Gasteiger partial charge in [-0.2, -0.15) is 0 Å². The Hall–Kier alpha value is -4.40. The first kappa shape index (κ1) is 22.8. The first-order valence-electron chi connectivity index (χ1n) is 13.2. The highest BCUT2D eigenvalue weighted by Crippen LogP contribution is 2.38. The van der Waals surface area contributed by atoms with E-state index in [1.807, 2.05) is 63.8 Å². The second-order valence-electron chi connectivity index (χ2n) is 10.4. The van der Waals surface area contributed by atoms with E-state index in [4.69, 9.17) is 0 Å². The fourth-order valence-electron chi connectivity index (χ4n) is 6.13. The van der Waals surface area contributed by atoms with Gasteiger partial charge in [-0.15, -0.1) is 0 Å². The predicted octanol–water partition coefficient (Wildman–Crippen LogP) is 3.59. The molecule has 192 valence electrons. The van der Waals surface area contributed by atoms with Gasteiger partial charge in [-0.3, -0.25) is 19.3 Å². The summed E-state index contributed by atoms with van der Waals surface area (Å²) in [6, 6.07) is 9.97. The molecule has 1 saturated heterocycles. The highest BCUT2D eigenvalue weighted by molar-refractivity contribution is 6.49. The molecule has 38 heavy (non-hydrogen) atoms. The molecule has 0 bridgehead atoms. The summed E-state index contributed by atoms with van der Waals surface area (Å²) in [6.45, 7) is 5.32. The summed E-state index contributed by atoms with van der Waals surface area (Å²) >= 11 is 0. The lowest BCUT2D eigenvalue weighted by molar-refractivity contribution is -0.122. The third-order valence-electron chi connectivity index (χ3n) is 7.96. The number of imidazole rings is 1. The largest absolute Gasteiger partial charge is 0.345 e. The van der Waals surface area contributed by atoms with Crippen molar-refractivity contribution >= 4 is 45.5 Å². The number of amides is 4. The fraction of sp³-hybridized carbons (Fsp3) is 0.310. The molecule has 1 N–H and O–H groups in total. The minimum Gasteiger partial charge on any atom is -0.345 e. The zero-order valence-electron chi connectivity index (χ0n) is 21.2. The molecule has 0 radical (unpaired) electrons. The molecule has 7 rings (SSSR count). The number of benzene rings is 1. The minimum atomic E-state index is -0.421. The van der Waals surface area contributed by atoms with Gasteiger partial charge in [0.15, 0.2) is 0 Å². The van der Waals surface area contributed by atoms with Crippen LogP contribution in [0.2, 0.25) is 0 Å². The maximum Gasteiger partial charge on any atom is 0.320 e. The number of aromatic nitrogens is 3. The van der Waals surface area contributed by atoms with Gasteiger partial charge in [0.1, 0.15) is 5.65 Å². The van der Waals surface area contributed by atoms with Crippen molar-refractivity contribution < 1.29 is 14.4 Å². The van der Waals surface area contributed by atoms with Gasteiger partial charge < -0.3 is 14.4 Å². The number of fused-ring (bicyclic) bond motifs is 1. The zero-order chi connectivity index (χ0) is 26.0. The third-order valence-corrected chi connectivity index (χ3v) is 7.96. The Morgan fingerprint density at radius 3 is 2.55 bits per heavy atom. The normalized spacial score (nSPS) is 18.0. The van der Waals surface area contributed by atoms with Gasteiger partial charge in [-0.1, -0.05) is 24.3 Å². The summed E-state index contributed by atoms with van der Waals surface area (Å²) in [6.07, 6.45) is 8.84. The van der Waals surface area contributed by atoms with E-state index >= 15 is 0 Å². The fourth-order valence-corrected chi connectivity index (χ4v) is 6.13. The standard InChI is InChI=1S/C29H28N6O3/c1-18-8-9-23-30-14-22(35(23)15-18)25-24(27(36)31-28(25)37)21-17-33-12-13-34(29(38)32-10-3-2-4-11-32)16-19-6-5-7-20(21)26(19)33/h5-9,14-15,17H,2-4,10-13,16H2,1H3,(H,31,36,37). The van der Waals surface area contributed by atoms with Gasteiger partial charge in [0.05, 0.1) is 28.6 Å². The van der Waals surface area contributed by atoms with Crippen LogP contribution in [-0.4, -0.2) is 61.2 Å². The predicted molar refractivity (Wildman–Crippen MR) is 143 cm³/mol. The Balaban J connectivity index is 1.35. The van der Waals surface area contributed by atoms with Gasteiger partial charge in [0.2, 0.25) is 0 Å². The Morgan fingerprint density at radius 1 is 0.895 bits per heavy atom. The molecule has 4 amide bonds. The van der Waals surface area contributed by atoms with Crippen molar-refractivity contribution in [3.05, 3.63) is 71.3 Å². The maximum absolute atomic E-state index is 13.3. The summed E-state index contributed by atoms with van der Waals surface area (Å²) in [5.41, 5.74) is 5.77. The highest BCUT2D eigenvalue weighted by atomic mass is 16.2. The average molecular weight is 509 g/mol. The molecule has 4 aromatic rings. The zero-order valence-corrected chi connectivity index (χ0v) is 21.2. The molecule has 9 nitrogen and oxygen atoms in total. The molecular formula is C29H28N6O3. The molecular weight excluding hydrogens is 480 g/mol. The van der Waals surface area contributed by atoms with Gasteiger partial charge in [-0.25, -0.2) is 9.78 Å². The van der Waals surface area contributed by atoms with Gasteiger partial charge in [0, 0.05) is 56.1 Å². The number of carbonyl (C=O) groups excluding carboxylic acids is 3. The lowest BCUT2D eigenvalue weighted by Crippen LogP contribution is -2.45. The average Bonchev–Trinajstić information content (AvgIpc) is 3.54. The second kappa shape index (κ2) is 8.58. The van der Waals surface area contributed by atoms with Crippen LogP contribution >= 0.6 is 0 Å². The summed E-state index contributed by atoms with van der Waals surface area (Å²) in [5.74, 6) is -0.827. The van der Waals surface area contributed by atoms with E-state index in [1.165, 1.54) is 6.42 Å². The van der Waals surface area contributed by atoms with Gasteiger partial charge in [-0.05, 0) is 43.4 Å². The molecule has 3 aliphatic rings. The lowest BCUT2D eigenvalue weighted by atomic mass is 9.98. The Bertz CT molecular complexity index is 1690. The number of imide groups is 1. The van der Waals surface area contributed by atoms with Crippen LogP contribution in [0.4, 0.5) is 4.79 Å². The smallest absolute Gasteiger partial charge is 0.320 e. The molecule has 3 aromatic heterocycles. The van der Waals surface area contributed by atoms with Gasteiger partial charge in [0.25, 0.3) is 11.8 Å². The number of rotatable bonds is 2. The number of piperidine rings is 1. The van der Waals surface area contributed by atoms with Crippen molar-refractivity contribution in [1.82, 2.24) is 29.1 Å². The first-order valence-corrected chi connectivity index (χ1v) is 13.2. The van der Waals surface area contributed by atoms with Crippen molar-refractivity contribution in [2.45, 2.75) is 39.3 Å². The first-order chi connectivity index (χ1) is 18.5. The molecule has 9 heteroatoms. The Kier molecular flexibility index (Phi) is 5.14. The van der Waals surface area contributed by atoms with E-state index in [2.05, 4.69) is 14.9 Å². The van der Waals surface area contributed by atoms with E-state index in [-0.39, 0.29) is 6.03 Å². The maximum atomic E-state index is 13.3. The number of aryl methyl sites for hydroxylation is 1. The molecule has 0 saturated carbocycles. The van der Waals surface area contributed by atoms with E-state index in [0.29, 0.717) is 42.1 Å². The molecule has 0 aliphatic carbocycles. The SMILES string of the molecule is Cc1ccc2ncc(C3=C(c4cn5c6c(cccc46)CN(C(=O)N4CCCCC4)CC5)C(=O)NC3=O)n2c1. The molecule has 0 atom stereocenters. The number of hydrogen-bond donors (Lipinski definition) is 1. The van der Waals surface area contributed by atoms with Gasteiger partial charge >= 0.3 is 6.03 Å². The summed E-state index contributed by atoms with van der Waals surface area (Å²) in [7, 11) is 0. The van der Waals surface area contributed by atoms with E-state index in [9.17, 15) is 14.4 Å². The second-order valence-corrected chi connectivity index (χ2v) is 10.4. The number of carbonyl (C=O) groups is 3. The van der Waals surface area contributed by atoms with Crippen LogP contribution in [0.3, 0.4) is 0 Å². The van der Waals surface area contributed by atoms with Crippen LogP contribution < -0.4 is 5.32 Å². The number of para-hydroxylation sites is 1. The molecule has 1 fully saturated rings. The van der Waals surface area contributed by atoms with Crippen molar-refractivity contribution in [3.8, 4) is 0 Å². The van der Waals surface area contributed by atoms with E-state index < -0.39 is 11.8 Å². The summed E-state index contributed by atoms with van der Waals surface area (Å²) in [5, 5.41) is 3.42. The molecule has 1 aromatic carbocycles. The van der Waals surface area contributed by atoms with Crippen LogP contribution in [-0.2, 0) is 22.7 Å². The topological polar surface area (TPSA) is 91.9 Å². The van der Waals surface area contributed by atoms with Crippen molar-refractivity contribution in [1.29, 1.82) is 0 Å². The number of likely N-dealkylation sites (tertiary alicyclic amines) is 1. The summed E-state index contributed by atoms with van der Waals surface area (Å²) in [4.78, 5) is 48.0. The quantitative estimate of drug-likeness (QED) is 0.419. The number of hydrogen-bond acceptors (Lipinski definition) is 4. The third kappa shape index (κ3) is 3.45. The van der Waals surface area contributed by atoms with E-state index in [1.54, 1.807) is 6.20 Å². The van der Waals surface area contributed by atoms with Crippen LogP contribution in [0, 0.1) is 6.92 Å². The molecule has 0 spiro atoms. The molecule has 6 heterocycles. The molecule has 0 unspecified atom stereocenters.